The minimum absolute atomic E-state index is 0.718. The molecule has 1 aromatic carbocycles. The van der Waals surface area contributed by atoms with Crippen LogP contribution in [0.5, 0.6) is 5.75 Å². The maximum absolute atomic E-state index is 11.0. The standard InChI is InChI=1S/C19H22O2/c1-6-14-8-15-9-16(12(2)3)18(7-13(4)11-20)17(15)10-19(14)21-5/h7-8,10-11H,2,6,9H2,1,3-5H3/b13-7+. The molecule has 2 nitrogen and oxygen atoms in total. The molecule has 1 aliphatic rings. The Morgan fingerprint density at radius 1 is 1.38 bits per heavy atom. The molecule has 0 heterocycles. The highest BCUT2D eigenvalue weighted by atomic mass is 16.5. The average Bonchev–Trinajstić information content (AvgIpc) is 2.83. The van der Waals surface area contributed by atoms with Gasteiger partial charge in [-0.1, -0.05) is 25.1 Å². The van der Waals surface area contributed by atoms with E-state index in [1.54, 1.807) is 7.11 Å². The van der Waals surface area contributed by atoms with E-state index in [4.69, 9.17) is 4.74 Å². The SMILES string of the molecule is C=C(C)C1=C(/C=C(\C)C=O)c2cc(OC)c(CC)cc2C1. The molecule has 1 aromatic rings. The zero-order valence-electron chi connectivity index (χ0n) is 13.2. The molecule has 0 fully saturated rings. The second-order valence-electron chi connectivity index (χ2n) is 5.53. The van der Waals surface area contributed by atoms with Crippen LogP contribution in [0.2, 0.25) is 0 Å². The van der Waals surface area contributed by atoms with Gasteiger partial charge in [-0.15, -0.1) is 0 Å². The van der Waals surface area contributed by atoms with Crippen molar-refractivity contribution in [2.75, 3.05) is 7.11 Å². The van der Waals surface area contributed by atoms with Gasteiger partial charge >= 0.3 is 0 Å². The van der Waals surface area contributed by atoms with E-state index < -0.39 is 0 Å². The lowest BCUT2D eigenvalue weighted by Crippen LogP contribution is -1.95. The molecular formula is C19H22O2. The second kappa shape index (κ2) is 6.13. The van der Waals surface area contributed by atoms with Crippen molar-refractivity contribution in [2.24, 2.45) is 0 Å². The molecule has 0 N–H and O–H groups in total. The second-order valence-corrected chi connectivity index (χ2v) is 5.53. The summed E-state index contributed by atoms with van der Waals surface area (Å²) in [5.41, 5.74) is 7.74. The van der Waals surface area contributed by atoms with Crippen LogP contribution >= 0.6 is 0 Å². The third kappa shape index (κ3) is 2.85. The summed E-state index contributed by atoms with van der Waals surface area (Å²) in [6.07, 6.45) is 4.66. The lowest BCUT2D eigenvalue weighted by atomic mass is 9.99. The summed E-state index contributed by atoms with van der Waals surface area (Å²) in [6, 6.07) is 4.31. The molecule has 2 heteroatoms. The van der Waals surface area contributed by atoms with Gasteiger partial charge < -0.3 is 4.74 Å². The molecule has 0 aliphatic heterocycles. The first-order valence-electron chi connectivity index (χ1n) is 7.24. The third-order valence-corrected chi connectivity index (χ3v) is 3.94. The van der Waals surface area contributed by atoms with Gasteiger partial charge in [0.15, 0.2) is 0 Å². The van der Waals surface area contributed by atoms with Gasteiger partial charge in [-0.2, -0.15) is 0 Å². The van der Waals surface area contributed by atoms with Gasteiger partial charge in [0.1, 0.15) is 12.0 Å². The van der Waals surface area contributed by atoms with Crippen LogP contribution in [0.3, 0.4) is 0 Å². The third-order valence-electron chi connectivity index (χ3n) is 3.94. The van der Waals surface area contributed by atoms with Crippen LogP contribution in [0, 0.1) is 0 Å². The fourth-order valence-corrected chi connectivity index (χ4v) is 2.79. The highest BCUT2D eigenvalue weighted by Crippen LogP contribution is 2.40. The summed E-state index contributed by atoms with van der Waals surface area (Å²) in [6.45, 7) is 10.1. The van der Waals surface area contributed by atoms with Gasteiger partial charge in [0.25, 0.3) is 0 Å². The van der Waals surface area contributed by atoms with Gasteiger partial charge in [-0.05, 0) is 72.2 Å². The smallest absolute Gasteiger partial charge is 0.145 e. The summed E-state index contributed by atoms with van der Waals surface area (Å²) in [7, 11) is 1.70. The van der Waals surface area contributed by atoms with E-state index >= 15 is 0 Å². The molecule has 0 amide bonds. The number of carbonyl (C=O) groups is 1. The van der Waals surface area contributed by atoms with Crippen molar-refractivity contribution >= 4 is 11.9 Å². The van der Waals surface area contributed by atoms with Gasteiger partial charge in [-0.25, -0.2) is 0 Å². The summed E-state index contributed by atoms with van der Waals surface area (Å²) in [5, 5.41) is 0. The van der Waals surface area contributed by atoms with E-state index in [9.17, 15) is 4.79 Å². The highest BCUT2D eigenvalue weighted by Gasteiger charge is 2.22. The highest BCUT2D eigenvalue weighted by molar-refractivity contribution is 5.90. The zero-order chi connectivity index (χ0) is 15.6. The molecular weight excluding hydrogens is 260 g/mol. The maximum Gasteiger partial charge on any atom is 0.145 e. The monoisotopic (exact) mass is 282 g/mol. The number of hydrogen-bond acceptors (Lipinski definition) is 2. The number of benzene rings is 1. The molecule has 1 aliphatic carbocycles. The molecule has 110 valence electrons. The van der Waals surface area contributed by atoms with Crippen LogP contribution in [0.25, 0.3) is 5.57 Å². The van der Waals surface area contributed by atoms with Crippen LogP contribution in [0.4, 0.5) is 0 Å². The van der Waals surface area contributed by atoms with Crippen molar-refractivity contribution in [3.05, 3.63) is 58.2 Å². The van der Waals surface area contributed by atoms with E-state index in [-0.39, 0.29) is 0 Å². The quantitative estimate of drug-likeness (QED) is 0.595. The van der Waals surface area contributed by atoms with Gasteiger partial charge in [0, 0.05) is 0 Å². The molecule has 0 aromatic heterocycles. The first-order valence-corrected chi connectivity index (χ1v) is 7.24. The number of methoxy groups -OCH3 is 1. The first kappa shape index (κ1) is 15.3. The van der Waals surface area contributed by atoms with Crippen molar-refractivity contribution in [1.29, 1.82) is 0 Å². The van der Waals surface area contributed by atoms with Crippen molar-refractivity contribution in [1.82, 2.24) is 0 Å². The molecule has 21 heavy (non-hydrogen) atoms. The van der Waals surface area contributed by atoms with Crippen molar-refractivity contribution in [3.63, 3.8) is 0 Å². The Morgan fingerprint density at radius 3 is 2.62 bits per heavy atom. The van der Waals surface area contributed by atoms with Crippen molar-refractivity contribution in [3.8, 4) is 5.75 Å². The van der Waals surface area contributed by atoms with Crippen molar-refractivity contribution in [2.45, 2.75) is 33.6 Å². The number of aryl methyl sites for hydroxylation is 1. The fraction of sp³-hybridized carbons (Fsp3) is 0.316. The minimum atomic E-state index is 0.718. The summed E-state index contributed by atoms with van der Waals surface area (Å²) in [5.74, 6) is 0.911. The van der Waals surface area contributed by atoms with Crippen LogP contribution in [0.15, 0.2) is 41.5 Å². The number of ether oxygens (including phenoxy) is 1. The molecule has 0 unspecified atom stereocenters. The predicted molar refractivity (Wildman–Crippen MR) is 87.6 cm³/mol. The minimum Gasteiger partial charge on any atom is -0.496 e. The van der Waals surface area contributed by atoms with E-state index in [0.717, 1.165) is 47.2 Å². The molecule has 0 spiro atoms. The normalized spacial score (nSPS) is 14.2. The van der Waals surface area contributed by atoms with Gasteiger partial charge in [-0.3, -0.25) is 4.79 Å². The van der Waals surface area contributed by atoms with Crippen LogP contribution in [-0.2, 0) is 17.6 Å². The van der Waals surface area contributed by atoms with Crippen LogP contribution in [-0.4, -0.2) is 13.4 Å². The molecule has 0 saturated heterocycles. The van der Waals surface area contributed by atoms with Crippen LogP contribution < -0.4 is 4.74 Å². The number of rotatable bonds is 5. The Hall–Kier alpha value is -2.09. The first-order chi connectivity index (χ1) is 10.0. The molecule has 0 bridgehead atoms. The Bertz CT molecular complexity index is 660. The fourth-order valence-electron chi connectivity index (χ4n) is 2.79. The van der Waals surface area contributed by atoms with E-state index in [2.05, 4.69) is 25.6 Å². The Morgan fingerprint density at radius 2 is 2.10 bits per heavy atom. The number of hydrogen-bond donors (Lipinski definition) is 0. The van der Waals surface area contributed by atoms with Crippen LogP contribution in [0.1, 0.15) is 37.5 Å². The Labute approximate surface area is 126 Å². The summed E-state index contributed by atoms with van der Waals surface area (Å²) >= 11 is 0. The predicted octanol–water partition coefficient (Wildman–Crippen LogP) is 4.29. The van der Waals surface area contributed by atoms with Gasteiger partial charge in [0.05, 0.1) is 7.11 Å². The molecule has 2 rings (SSSR count). The lowest BCUT2D eigenvalue weighted by Gasteiger charge is -2.11. The summed E-state index contributed by atoms with van der Waals surface area (Å²) in [4.78, 5) is 11.0. The van der Waals surface area contributed by atoms with Gasteiger partial charge in [0.2, 0.25) is 0 Å². The Kier molecular flexibility index (Phi) is 4.46. The topological polar surface area (TPSA) is 26.3 Å². The maximum atomic E-state index is 11.0. The number of aldehydes is 1. The summed E-state index contributed by atoms with van der Waals surface area (Å²) < 4.78 is 5.50. The number of allylic oxidation sites excluding steroid dienone is 5. The van der Waals surface area contributed by atoms with E-state index in [0.29, 0.717) is 0 Å². The number of fused-ring (bicyclic) bond motifs is 1. The molecule has 0 atom stereocenters. The van der Waals surface area contributed by atoms with E-state index in [1.807, 2.05) is 19.9 Å². The molecule has 0 saturated carbocycles. The van der Waals surface area contributed by atoms with Crippen molar-refractivity contribution < 1.29 is 9.53 Å². The number of carbonyl (C=O) groups excluding carboxylic acids is 1. The average molecular weight is 282 g/mol. The molecule has 0 radical (unpaired) electrons. The zero-order valence-corrected chi connectivity index (χ0v) is 13.2. The largest absolute Gasteiger partial charge is 0.496 e. The van der Waals surface area contributed by atoms with E-state index in [1.165, 1.54) is 16.7 Å². The Balaban J connectivity index is 2.64. The lowest BCUT2D eigenvalue weighted by molar-refractivity contribution is -0.104.